The Bertz CT molecular complexity index is 1840. The van der Waals surface area contributed by atoms with E-state index in [2.05, 4.69) is 0 Å². The molecule has 3 fully saturated rings. The van der Waals surface area contributed by atoms with Gasteiger partial charge in [-0.05, 0) is 55.3 Å². The number of anilines is 1. The van der Waals surface area contributed by atoms with Crippen molar-refractivity contribution >= 4 is 69.1 Å². The normalized spacial score (nSPS) is 31.7. The summed E-state index contributed by atoms with van der Waals surface area (Å²) in [6, 6.07) is 17.0. The van der Waals surface area contributed by atoms with E-state index in [4.69, 9.17) is 23.2 Å². The van der Waals surface area contributed by atoms with Crippen LogP contribution in [0.5, 0.6) is 5.75 Å². The Balaban J connectivity index is 1.39. The van der Waals surface area contributed by atoms with E-state index in [1.54, 1.807) is 48.5 Å². The van der Waals surface area contributed by atoms with Crippen molar-refractivity contribution < 1.29 is 29.1 Å². The topological polar surface area (TPSA) is 112 Å². The van der Waals surface area contributed by atoms with Gasteiger partial charge in [0.15, 0.2) is 15.5 Å². The first-order chi connectivity index (χ1) is 20.4. The molecule has 4 aliphatic rings. The maximum absolute atomic E-state index is 14.1. The van der Waals surface area contributed by atoms with Crippen LogP contribution in [0.25, 0.3) is 10.8 Å². The number of phenols is 1. The second kappa shape index (κ2) is 9.24. The van der Waals surface area contributed by atoms with Crippen molar-refractivity contribution in [2.75, 3.05) is 11.9 Å². The molecule has 0 spiro atoms. The van der Waals surface area contributed by atoms with Gasteiger partial charge in [-0.15, -0.1) is 23.2 Å². The molecule has 8 nitrogen and oxygen atoms in total. The molecule has 2 aliphatic heterocycles. The van der Waals surface area contributed by atoms with Crippen molar-refractivity contribution in [3.05, 3.63) is 83.4 Å². The number of hydrogen-bond donors (Lipinski definition) is 1. The smallest absolute Gasteiger partial charge is 0.253 e. The molecule has 6 unspecified atom stereocenters. The first-order valence-electron chi connectivity index (χ1n) is 14.0. The lowest BCUT2D eigenvalue weighted by molar-refractivity contribution is -0.138. The summed E-state index contributed by atoms with van der Waals surface area (Å²) in [5, 5.41) is 12.9. The second-order valence-electron chi connectivity index (χ2n) is 11.8. The number of benzene rings is 3. The van der Waals surface area contributed by atoms with E-state index < -0.39 is 51.1 Å². The van der Waals surface area contributed by atoms with Crippen molar-refractivity contribution in [1.82, 2.24) is 4.90 Å². The Morgan fingerprint density at radius 2 is 1.60 bits per heavy atom. The van der Waals surface area contributed by atoms with E-state index in [0.717, 1.165) is 15.2 Å². The lowest BCUT2D eigenvalue weighted by atomic mass is 9.56. The Hall–Kier alpha value is -4.01. The molecule has 7 rings (SSSR count). The van der Waals surface area contributed by atoms with Gasteiger partial charge in [-0.25, -0.2) is 0 Å². The van der Waals surface area contributed by atoms with E-state index in [-0.39, 0.29) is 30.3 Å². The molecular formula is C33H26Cl2N2O6. The van der Waals surface area contributed by atoms with Gasteiger partial charge in [-0.3, -0.25) is 33.8 Å². The van der Waals surface area contributed by atoms with Crippen LogP contribution in [0.3, 0.4) is 0 Å². The highest BCUT2D eigenvalue weighted by Gasteiger charge is 2.76. The van der Waals surface area contributed by atoms with Gasteiger partial charge in [0, 0.05) is 29.5 Å². The van der Waals surface area contributed by atoms with Crippen LogP contribution in [0, 0.1) is 17.8 Å². The SMILES string of the molecule is CC(=O)c1ccc(N2C(=O)C3CC=C4C(CC5(Cl)C(=O)N(C)C(=O)C5(Cl)C4c4ccc5ccccc5c4O)C3C2=O)cc1. The number of halogens is 2. The Morgan fingerprint density at radius 1 is 0.907 bits per heavy atom. The zero-order chi connectivity index (χ0) is 30.6. The minimum absolute atomic E-state index is 0.0957. The van der Waals surface area contributed by atoms with Crippen LogP contribution < -0.4 is 4.90 Å². The number of allylic oxidation sites excluding steroid dienone is 2. The fourth-order valence-electron chi connectivity index (χ4n) is 7.69. The molecule has 2 heterocycles. The summed E-state index contributed by atoms with van der Waals surface area (Å²) in [4.78, 5) is 65.2. The molecule has 10 heteroatoms. The van der Waals surface area contributed by atoms with Crippen molar-refractivity contribution in [1.29, 1.82) is 0 Å². The maximum atomic E-state index is 14.1. The predicted molar refractivity (Wildman–Crippen MR) is 160 cm³/mol. The predicted octanol–water partition coefficient (Wildman–Crippen LogP) is 4.94. The minimum Gasteiger partial charge on any atom is -0.507 e. The summed E-state index contributed by atoms with van der Waals surface area (Å²) >= 11 is 14.5. The second-order valence-corrected chi connectivity index (χ2v) is 13.1. The summed E-state index contributed by atoms with van der Waals surface area (Å²) in [6.45, 7) is 1.43. The Labute approximate surface area is 256 Å². The number of nitrogens with zero attached hydrogens (tertiary/aromatic N) is 2. The molecule has 6 atom stereocenters. The number of rotatable bonds is 3. The third kappa shape index (κ3) is 3.48. The zero-order valence-electron chi connectivity index (χ0n) is 23.2. The van der Waals surface area contributed by atoms with Crippen molar-refractivity contribution in [3.8, 4) is 5.75 Å². The average Bonchev–Trinajstić information content (AvgIpc) is 3.33. The summed E-state index contributed by atoms with van der Waals surface area (Å²) in [6.07, 6.45) is 1.89. The minimum atomic E-state index is -1.98. The molecular weight excluding hydrogens is 591 g/mol. The molecule has 0 radical (unpaired) electrons. The van der Waals surface area contributed by atoms with Crippen LogP contribution in [0.1, 0.15) is 41.6 Å². The number of carbonyl (C=O) groups is 5. The van der Waals surface area contributed by atoms with Gasteiger partial charge in [0.25, 0.3) is 11.8 Å². The zero-order valence-corrected chi connectivity index (χ0v) is 24.7. The Morgan fingerprint density at radius 3 is 2.30 bits per heavy atom. The largest absolute Gasteiger partial charge is 0.507 e. The van der Waals surface area contributed by atoms with E-state index in [9.17, 15) is 29.1 Å². The van der Waals surface area contributed by atoms with E-state index in [0.29, 0.717) is 27.8 Å². The molecule has 218 valence electrons. The molecule has 0 bridgehead atoms. The van der Waals surface area contributed by atoms with Crippen LogP contribution in [0.15, 0.2) is 72.3 Å². The molecule has 1 saturated carbocycles. The summed E-state index contributed by atoms with van der Waals surface area (Å²) in [7, 11) is 1.33. The lowest BCUT2D eigenvalue weighted by Crippen LogP contribution is -2.60. The van der Waals surface area contributed by atoms with Crippen molar-refractivity contribution in [2.45, 2.75) is 35.4 Å². The monoisotopic (exact) mass is 616 g/mol. The molecule has 4 amide bonds. The fourth-order valence-corrected chi connectivity index (χ4v) is 8.71. The van der Waals surface area contributed by atoms with Crippen molar-refractivity contribution in [3.63, 3.8) is 0 Å². The quantitative estimate of drug-likeness (QED) is 0.193. The van der Waals surface area contributed by atoms with Gasteiger partial charge in [0.1, 0.15) is 5.75 Å². The molecule has 0 aromatic heterocycles. The third-order valence-corrected chi connectivity index (χ3v) is 11.2. The first-order valence-corrected chi connectivity index (χ1v) is 14.8. The average molecular weight is 617 g/mol. The number of alkyl halides is 2. The van der Waals surface area contributed by atoms with Crippen molar-refractivity contribution in [2.24, 2.45) is 17.8 Å². The molecule has 2 saturated heterocycles. The van der Waals surface area contributed by atoms with Crippen LogP contribution in [0.4, 0.5) is 5.69 Å². The van der Waals surface area contributed by atoms with Gasteiger partial charge < -0.3 is 5.11 Å². The fraction of sp³-hybridized carbons (Fsp3) is 0.303. The first kappa shape index (κ1) is 27.8. The third-order valence-electron chi connectivity index (χ3n) is 9.79. The summed E-state index contributed by atoms with van der Waals surface area (Å²) in [5.74, 6) is -5.79. The highest BCUT2D eigenvalue weighted by Crippen LogP contribution is 2.66. The van der Waals surface area contributed by atoms with Gasteiger partial charge in [0.2, 0.25) is 11.8 Å². The molecule has 3 aromatic rings. The van der Waals surface area contributed by atoms with E-state index in [1.807, 2.05) is 18.2 Å². The molecule has 1 N–H and O–H groups in total. The van der Waals surface area contributed by atoms with Crippen LogP contribution >= 0.6 is 23.2 Å². The highest BCUT2D eigenvalue weighted by atomic mass is 35.5. The number of carbonyl (C=O) groups excluding carboxylic acids is 5. The maximum Gasteiger partial charge on any atom is 0.253 e. The van der Waals surface area contributed by atoms with E-state index in [1.165, 1.54) is 14.0 Å². The van der Waals surface area contributed by atoms with Crippen LogP contribution in [0.2, 0.25) is 0 Å². The molecule has 3 aromatic carbocycles. The number of aromatic hydroxyl groups is 1. The number of phenolic OH excluding ortho intramolecular Hbond substituents is 1. The summed E-state index contributed by atoms with van der Waals surface area (Å²) in [5.41, 5.74) is 1.71. The summed E-state index contributed by atoms with van der Waals surface area (Å²) < 4.78 is 0. The van der Waals surface area contributed by atoms with Gasteiger partial charge in [-0.1, -0.05) is 48.0 Å². The number of Topliss-reactive ketones (excluding diaryl/α,β-unsaturated/α-hetero) is 1. The number of likely N-dealkylation sites (tertiary alicyclic amines) is 1. The Kier molecular flexibility index (Phi) is 5.98. The van der Waals surface area contributed by atoms with Crippen LogP contribution in [-0.2, 0) is 19.2 Å². The van der Waals surface area contributed by atoms with Crippen LogP contribution in [-0.4, -0.2) is 56.2 Å². The molecule has 2 aliphatic carbocycles. The number of ketones is 1. The standard InChI is InChI=1S/C33H26Cl2N2O6/c1-16(38)17-7-10-19(11-8-17)37-28(40)22-14-13-21-24(25(22)29(37)41)15-32(34)30(42)36(2)31(43)33(32,35)26(21)23-12-9-18-5-3-4-6-20(18)27(23)39/h3-13,22,24-26,39H,14-15H2,1-2H3. The number of fused-ring (bicyclic) bond motifs is 5. The van der Waals surface area contributed by atoms with E-state index >= 15 is 0 Å². The number of imide groups is 2. The van der Waals surface area contributed by atoms with Gasteiger partial charge in [0.05, 0.1) is 17.5 Å². The lowest BCUT2D eigenvalue weighted by Gasteiger charge is -2.50. The van der Waals surface area contributed by atoms with Gasteiger partial charge >= 0.3 is 0 Å². The van der Waals surface area contributed by atoms with Gasteiger partial charge in [-0.2, -0.15) is 0 Å². The number of hydrogen-bond acceptors (Lipinski definition) is 6. The number of amides is 4. The highest BCUT2D eigenvalue weighted by molar-refractivity contribution is 6.53. The molecule has 43 heavy (non-hydrogen) atoms.